The molecule has 3 heterocycles. The average Bonchev–Trinajstić information content (AvgIpc) is 3.05. The molecule has 0 unspecified atom stereocenters. The van der Waals surface area contributed by atoms with E-state index < -0.39 is 5.82 Å². The molecule has 1 aromatic carbocycles. The molecule has 0 bridgehead atoms. The van der Waals surface area contributed by atoms with Crippen molar-refractivity contribution in [3.05, 3.63) is 70.3 Å². The molecule has 0 radical (unpaired) electrons. The zero-order chi connectivity index (χ0) is 18.1. The number of hydrogen-bond donors (Lipinski definition) is 2. The Labute approximate surface area is 161 Å². The van der Waals surface area contributed by atoms with Crippen LogP contribution in [0.5, 0.6) is 0 Å². The zero-order valence-corrected chi connectivity index (χ0v) is 14.8. The van der Waals surface area contributed by atoms with Gasteiger partial charge in [-0.1, -0.05) is 35.3 Å². The minimum atomic E-state index is -0.529. The van der Waals surface area contributed by atoms with Crippen LogP contribution in [0.25, 0.3) is 22.4 Å². The van der Waals surface area contributed by atoms with Gasteiger partial charge in [0, 0.05) is 37.8 Å². The Bertz CT molecular complexity index is 1090. The van der Waals surface area contributed by atoms with Crippen LogP contribution in [0, 0.1) is 5.82 Å². The lowest BCUT2D eigenvalue weighted by Crippen LogP contribution is -2.05. The zero-order valence-electron chi connectivity index (χ0n) is 13.3. The lowest BCUT2D eigenvalue weighted by molar-refractivity contribution is 0.617. The van der Waals surface area contributed by atoms with Crippen LogP contribution in [0.4, 0.5) is 10.2 Å². The van der Waals surface area contributed by atoms with Crippen molar-refractivity contribution < 1.29 is 7.24 Å². The molecule has 0 aliphatic rings. The van der Waals surface area contributed by atoms with Crippen LogP contribution in [-0.2, 0) is 6.54 Å². The summed E-state index contributed by atoms with van der Waals surface area (Å²) in [7, 11) is 0. The number of nitrogens with zero attached hydrogens (tertiary/aromatic N) is 3. The van der Waals surface area contributed by atoms with Crippen LogP contribution in [0.15, 0.2) is 48.9 Å². The Balaban J connectivity index is 0.00000140. The van der Waals surface area contributed by atoms with Gasteiger partial charge in [-0.3, -0.25) is 0 Å². The van der Waals surface area contributed by atoms with E-state index in [1.165, 1.54) is 0 Å². The van der Waals surface area contributed by atoms with Crippen molar-refractivity contribution in [3.8, 4) is 11.4 Å². The average molecular weight is 392 g/mol. The highest BCUT2D eigenvalue weighted by Crippen LogP contribution is 2.28. The second-order valence-electron chi connectivity index (χ2n) is 5.62. The van der Waals surface area contributed by atoms with Crippen molar-refractivity contribution in [2.75, 3.05) is 5.32 Å². The summed E-state index contributed by atoms with van der Waals surface area (Å²) in [6.07, 6.45) is 4.42. The number of aromatic amines is 1. The summed E-state index contributed by atoms with van der Waals surface area (Å²) < 4.78 is 14.1. The molecule has 0 saturated carbocycles. The number of H-pyrrole nitrogens is 1. The van der Waals surface area contributed by atoms with Crippen molar-refractivity contribution >= 4 is 40.1 Å². The fourth-order valence-electron chi connectivity index (χ4n) is 2.57. The van der Waals surface area contributed by atoms with Crippen molar-refractivity contribution in [1.82, 2.24) is 19.9 Å². The molecule has 0 aliphatic heterocycles. The highest BCUT2D eigenvalue weighted by Gasteiger charge is 2.13. The van der Waals surface area contributed by atoms with E-state index in [0.29, 0.717) is 33.6 Å². The van der Waals surface area contributed by atoms with Crippen LogP contribution in [0.2, 0.25) is 10.0 Å². The second kappa shape index (κ2) is 6.90. The Morgan fingerprint density at radius 3 is 2.69 bits per heavy atom. The number of pyridine rings is 1. The molecule has 4 aromatic rings. The van der Waals surface area contributed by atoms with Gasteiger partial charge in [0.25, 0.3) is 0 Å². The van der Waals surface area contributed by atoms with E-state index in [9.17, 15) is 4.39 Å². The largest absolute Gasteiger partial charge is 0.363 e. The number of rotatable bonds is 4. The molecule has 0 saturated heterocycles. The smallest absolute Gasteiger partial charge is 0.183 e. The van der Waals surface area contributed by atoms with E-state index in [2.05, 4.69) is 25.3 Å². The molecular formula is C18H16Cl2FN5. The standard InChI is InChI=1S/C18H12Cl2FN5.2H2/c19-11-3-1-10(2-4-11)6-22-18-15(21)9-25-17(26-18)14-8-24-16-13(14)5-12(20)7-23-16;;/h1-5,7-9H,6H2,(H,23,24)(H,22,25,26);2*1H. The minimum Gasteiger partial charge on any atom is -0.363 e. The van der Waals surface area contributed by atoms with Gasteiger partial charge in [-0.15, -0.1) is 0 Å². The molecule has 0 aliphatic carbocycles. The molecule has 0 amide bonds. The fourth-order valence-corrected chi connectivity index (χ4v) is 2.86. The van der Waals surface area contributed by atoms with Gasteiger partial charge in [0.2, 0.25) is 0 Å². The number of halogens is 3. The van der Waals surface area contributed by atoms with Gasteiger partial charge in [-0.25, -0.2) is 19.3 Å². The fraction of sp³-hybridized carbons (Fsp3) is 0.0556. The predicted molar refractivity (Wildman–Crippen MR) is 105 cm³/mol. The first-order chi connectivity index (χ1) is 12.6. The highest BCUT2D eigenvalue weighted by atomic mass is 35.5. The van der Waals surface area contributed by atoms with Gasteiger partial charge < -0.3 is 10.3 Å². The van der Waals surface area contributed by atoms with E-state index in [1.54, 1.807) is 30.6 Å². The quantitative estimate of drug-likeness (QED) is 0.477. The molecular weight excluding hydrogens is 376 g/mol. The Hall–Kier alpha value is -2.70. The summed E-state index contributed by atoms with van der Waals surface area (Å²) in [4.78, 5) is 15.6. The monoisotopic (exact) mass is 391 g/mol. The summed E-state index contributed by atoms with van der Waals surface area (Å²) in [6, 6.07) is 9.06. The summed E-state index contributed by atoms with van der Waals surface area (Å²) >= 11 is 11.9. The summed E-state index contributed by atoms with van der Waals surface area (Å²) in [5, 5.41) is 4.91. The molecule has 3 aromatic heterocycles. The summed E-state index contributed by atoms with van der Waals surface area (Å²) in [5.74, 6) is -0.0340. The third kappa shape index (κ3) is 3.34. The van der Waals surface area contributed by atoms with Gasteiger partial charge in [0.05, 0.1) is 11.2 Å². The lowest BCUT2D eigenvalue weighted by Gasteiger charge is -2.08. The normalized spacial score (nSPS) is 11.0. The van der Waals surface area contributed by atoms with Gasteiger partial charge in [0.1, 0.15) is 5.65 Å². The molecule has 8 heteroatoms. The van der Waals surface area contributed by atoms with E-state index in [0.717, 1.165) is 17.1 Å². The van der Waals surface area contributed by atoms with Crippen molar-refractivity contribution in [2.24, 2.45) is 0 Å². The predicted octanol–water partition coefficient (Wildman–Crippen LogP) is 5.57. The maximum Gasteiger partial charge on any atom is 0.183 e. The Morgan fingerprint density at radius 2 is 1.88 bits per heavy atom. The summed E-state index contributed by atoms with van der Waals surface area (Å²) in [6.45, 7) is 0.409. The first kappa shape index (κ1) is 16.8. The van der Waals surface area contributed by atoms with Crippen LogP contribution in [0.3, 0.4) is 0 Å². The third-order valence-corrected chi connectivity index (χ3v) is 4.31. The van der Waals surface area contributed by atoms with Crippen LogP contribution in [-0.4, -0.2) is 19.9 Å². The third-order valence-electron chi connectivity index (χ3n) is 3.86. The molecule has 0 fully saturated rings. The minimum absolute atomic E-state index is 0. The Kier molecular flexibility index (Phi) is 4.44. The van der Waals surface area contributed by atoms with Gasteiger partial charge in [0.15, 0.2) is 17.5 Å². The second-order valence-corrected chi connectivity index (χ2v) is 6.50. The van der Waals surface area contributed by atoms with Crippen molar-refractivity contribution in [3.63, 3.8) is 0 Å². The molecule has 134 valence electrons. The number of aromatic nitrogens is 4. The molecule has 5 nitrogen and oxygen atoms in total. The van der Waals surface area contributed by atoms with Crippen LogP contribution in [0.1, 0.15) is 8.42 Å². The number of nitrogens with one attached hydrogen (secondary N) is 2. The number of hydrogen-bond acceptors (Lipinski definition) is 4. The molecule has 0 spiro atoms. The number of benzene rings is 1. The van der Waals surface area contributed by atoms with E-state index in [-0.39, 0.29) is 8.67 Å². The lowest BCUT2D eigenvalue weighted by atomic mass is 10.2. The number of fused-ring (bicyclic) bond motifs is 1. The van der Waals surface area contributed by atoms with E-state index in [1.807, 2.05) is 12.1 Å². The van der Waals surface area contributed by atoms with Crippen molar-refractivity contribution in [2.45, 2.75) is 6.54 Å². The molecule has 0 atom stereocenters. The molecule has 4 rings (SSSR count). The maximum atomic E-state index is 14.1. The van der Waals surface area contributed by atoms with Crippen molar-refractivity contribution in [1.29, 1.82) is 0 Å². The summed E-state index contributed by atoms with van der Waals surface area (Å²) in [5.41, 5.74) is 2.31. The SMILES string of the molecule is Fc1cnc(-c2c[nH]c3ncc(Cl)cc23)nc1NCc1ccc(Cl)cc1.[HH].[HH]. The Morgan fingerprint density at radius 1 is 1.08 bits per heavy atom. The topological polar surface area (TPSA) is 66.5 Å². The number of anilines is 1. The van der Waals surface area contributed by atoms with Crippen LogP contribution >= 0.6 is 23.2 Å². The first-order valence-corrected chi connectivity index (χ1v) is 8.49. The maximum absolute atomic E-state index is 14.1. The van der Waals surface area contributed by atoms with E-state index in [4.69, 9.17) is 23.2 Å². The first-order valence-electron chi connectivity index (χ1n) is 7.74. The van der Waals surface area contributed by atoms with Gasteiger partial charge in [-0.05, 0) is 23.8 Å². The molecule has 2 N–H and O–H groups in total. The molecule has 26 heavy (non-hydrogen) atoms. The van der Waals surface area contributed by atoms with Gasteiger partial charge in [-0.2, -0.15) is 0 Å². The highest BCUT2D eigenvalue weighted by molar-refractivity contribution is 6.31. The van der Waals surface area contributed by atoms with Crippen LogP contribution < -0.4 is 5.32 Å². The van der Waals surface area contributed by atoms with E-state index >= 15 is 0 Å². The van der Waals surface area contributed by atoms with Gasteiger partial charge >= 0.3 is 0 Å².